The fourth-order valence-corrected chi connectivity index (χ4v) is 2.26. The molecular weight excluding hydrogens is 196 g/mol. The first-order valence-electron chi connectivity index (χ1n) is 6.27. The first-order valence-corrected chi connectivity index (χ1v) is 6.27. The largest absolute Gasteiger partial charge is 0.372 e. The van der Waals surface area contributed by atoms with Gasteiger partial charge in [-0.25, -0.2) is 0 Å². The predicted octanol–water partition coefficient (Wildman–Crippen LogP) is 2.94. The van der Waals surface area contributed by atoms with Crippen LogP contribution >= 0.6 is 0 Å². The molecule has 0 saturated carbocycles. The van der Waals surface area contributed by atoms with Crippen LogP contribution in [0.2, 0.25) is 0 Å². The van der Waals surface area contributed by atoms with Crippen LogP contribution in [0.1, 0.15) is 38.3 Å². The minimum atomic E-state index is 0.135. The molecule has 1 aliphatic heterocycles. The fraction of sp³-hybridized carbons (Fsp3) is 0.571. The van der Waals surface area contributed by atoms with E-state index in [1.54, 1.807) is 0 Å². The average Bonchev–Trinajstić information content (AvgIpc) is 2.30. The van der Waals surface area contributed by atoms with Crippen molar-refractivity contribution in [2.45, 2.75) is 32.7 Å². The van der Waals surface area contributed by atoms with Gasteiger partial charge in [-0.3, -0.25) is 0 Å². The molecule has 1 aliphatic rings. The summed E-state index contributed by atoms with van der Waals surface area (Å²) in [4.78, 5) is 2.48. The van der Waals surface area contributed by atoms with Crippen molar-refractivity contribution in [3.05, 3.63) is 29.8 Å². The summed E-state index contributed by atoms with van der Waals surface area (Å²) in [6.07, 6.45) is 2.63. The number of rotatable bonds is 2. The van der Waals surface area contributed by atoms with Gasteiger partial charge in [0.2, 0.25) is 0 Å². The second-order valence-electron chi connectivity index (χ2n) is 5.05. The molecular formula is C14H22N2. The smallest absolute Gasteiger partial charge is 0.0366 e. The zero-order valence-corrected chi connectivity index (χ0v) is 10.3. The lowest BCUT2D eigenvalue weighted by Gasteiger charge is -2.32. The number of hydrogen-bond donors (Lipinski definition) is 1. The third-order valence-corrected chi connectivity index (χ3v) is 3.57. The van der Waals surface area contributed by atoms with Gasteiger partial charge in [-0.1, -0.05) is 19.1 Å². The topological polar surface area (TPSA) is 29.3 Å². The Hall–Kier alpha value is -1.02. The van der Waals surface area contributed by atoms with Crippen LogP contribution in [0, 0.1) is 5.92 Å². The highest BCUT2D eigenvalue weighted by molar-refractivity contribution is 5.48. The van der Waals surface area contributed by atoms with Crippen molar-refractivity contribution < 1.29 is 0 Å². The maximum absolute atomic E-state index is 5.85. The zero-order valence-electron chi connectivity index (χ0n) is 10.3. The molecule has 1 fully saturated rings. The van der Waals surface area contributed by atoms with Gasteiger partial charge >= 0.3 is 0 Å². The monoisotopic (exact) mass is 218 g/mol. The summed E-state index contributed by atoms with van der Waals surface area (Å²) in [5.74, 6) is 0.889. The molecule has 16 heavy (non-hydrogen) atoms. The third-order valence-electron chi connectivity index (χ3n) is 3.57. The molecule has 1 heterocycles. The van der Waals surface area contributed by atoms with E-state index in [1.807, 2.05) is 6.92 Å². The maximum atomic E-state index is 5.85. The fourth-order valence-electron chi connectivity index (χ4n) is 2.26. The van der Waals surface area contributed by atoms with E-state index in [0.717, 1.165) is 5.92 Å². The van der Waals surface area contributed by atoms with Crippen molar-refractivity contribution >= 4 is 5.69 Å². The number of nitrogens with two attached hydrogens (primary N) is 1. The quantitative estimate of drug-likeness (QED) is 0.827. The van der Waals surface area contributed by atoms with E-state index in [0.29, 0.717) is 0 Å². The van der Waals surface area contributed by atoms with Crippen molar-refractivity contribution in [2.75, 3.05) is 18.0 Å². The molecule has 1 aromatic rings. The molecule has 0 radical (unpaired) electrons. The summed E-state index contributed by atoms with van der Waals surface area (Å²) in [5.41, 5.74) is 8.41. The molecule has 88 valence electrons. The van der Waals surface area contributed by atoms with E-state index in [1.165, 1.54) is 37.2 Å². The van der Waals surface area contributed by atoms with Crippen LogP contribution in [-0.2, 0) is 0 Å². The molecule has 2 heteroatoms. The van der Waals surface area contributed by atoms with Gasteiger partial charge in [0.15, 0.2) is 0 Å². The second-order valence-corrected chi connectivity index (χ2v) is 5.05. The summed E-state index contributed by atoms with van der Waals surface area (Å²) >= 11 is 0. The molecule has 0 amide bonds. The van der Waals surface area contributed by atoms with Gasteiger partial charge < -0.3 is 10.6 Å². The number of benzene rings is 1. The minimum Gasteiger partial charge on any atom is -0.372 e. The van der Waals surface area contributed by atoms with E-state index in [9.17, 15) is 0 Å². The highest BCUT2D eigenvalue weighted by Gasteiger charge is 2.15. The lowest BCUT2D eigenvalue weighted by Crippen LogP contribution is -2.32. The Morgan fingerprint density at radius 1 is 1.19 bits per heavy atom. The lowest BCUT2D eigenvalue weighted by molar-refractivity contribution is 0.438. The average molecular weight is 218 g/mol. The molecule has 1 saturated heterocycles. The van der Waals surface area contributed by atoms with Gasteiger partial charge in [0.25, 0.3) is 0 Å². The van der Waals surface area contributed by atoms with Gasteiger partial charge in [-0.15, -0.1) is 0 Å². The Morgan fingerprint density at radius 3 is 2.25 bits per heavy atom. The van der Waals surface area contributed by atoms with Gasteiger partial charge in [0.1, 0.15) is 0 Å². The Labute approximate surface area is 98.4 Å². The van der Waals surface area contributed by atoms with Crippen molar-refractivity contribution in [1.29, 1.82) is 0 Å². The Kier molecular flexibility index (Phi) is 3.49. The lowest BCUT2D eigenvalue weighted by atomic mass is 9.98. The van der Waals surface area contributed by atoms with Gasteiger partial charge in [-0.05, 0) is 43.4 Å². The van der Waals surface area contributed by atoms with E-state index in [2.05, 4.69) is 36.1 Å². The molecule has 0 spiro atoms. The molecule has 2 N–H and O–H groups in total. The molecule has 2 rings (SSSR count). The Morgan fingerprint density at radius 2 is 1.75 bits per heavy atom. The van der Waals surface area contributed by atoms with Crippen molar-refractivity contribution in [1.82, 2.24) is 0 Å². The molecule has 2 nitrogen and oxygen atoms in total. The van der Waals surface area contributed by atoms with Crippen LogP contribution in [0.3, 0.4) is 0 Å². The molecule has 1 aromatic carbocycles. The van der Waals surface area contributed by atoms with Gasteiger partial charge in [0.05, 0.1) is 0 Å². The van der Waals surface area contributed by atoms with Crippen LogP contribution in [0.15, 0.2) is 24.3 Å². The highest BCUT2D eigenvalue weighted by atomic mass is 15.1. The summed E-state index contributed by atoms with van der Waals surface area (Å²) in [6.45, 7) is 6.76. The molecule has 0 aliphatic carbocycles. The first-order chi connectivity index (χ1) is 7.66. The van der Waals surface area contributed by atoms with Crippen molar-refractivity contribution in [3.63, 3.8) is 0 Å². The summed E-state index contributed by atoms with van der Waals surface area (Å²) in [6, 6.07) is 8.84. The Balaban J connectivity index is 2.04. The second kappa shape index (κ2) is 4.88. The first kappa shape index (κ1) is 11.5. The number of hydrogen-bond acceptors (Lipinski definition) is 2. The number of anilines is 1. The van der Waals surface area contributed by atoms with Crippen molar-refractivity contribution in [2.24, 2.45) is 11.7 Å². The highest BCUT2D eigenvalue weighted by Crippen LogP contribution is 2.24. The SMILES string of the molecule is CC1CCN(c2ccc([C@H](C)N)cc2)CC1. The summed E-state index contributed by atoms with van der Waals surface area (Å²) in [5, 5.41) is 0. The van der Waals surface area contributed by atoms with Crippen LogP contribution in [-0.4, -0.2) is 13.1 Å². The van der Waals surface area contributed by atoms with Crippen LogP contribution in [0.5, 0.6) is 0 Å². The van der Waals surface area contributed by atoms with E-state index >= 15 is 0 Å². The number of nitrogens with zero attached hydrogens (tertiary/aromatic N) is 1. The van der Waals surface area contributed by atoms with Gasteiger partial charge in [0, 0.05) is 24.8 Å². The molecule has 0 aromatic heterocycles. The zero-order chi connectivity index (χ0) is 11.5. The van der Waals surface area contributed by atoms with Gasteiger partial charge in [-0.2, -0.15) is 0 Å². The van der Waals surface area contributed by atoms with E-state index < -0.39 is 0 Å². The van der Waals surface area contributed by atoms with Crippen LogP contribution in [0.4, 0.5) is 5.69 Å². The molecule has 0 unspecified atom stereocenters. The third kappa shape index (κ3) is 2.56. The predicted molar refractivity (Wildman–Crippen MR) is 69.7 cm³/mol. The van der Waals surface area contributed by atoms with Crippen LogP contribution < -0.4 is 10.6 Å². The van der Waals surface area contributed by atoms with Crippen LogP contribution in [0.25, 0.3) is 0 Å². The normalized spacial score (nSPS) is 19.8. The molecule has 1 atom stereocenters. The van der Waals surface area contributed by atoms with E-state index in [-0.39, 0.29) is 6.04 Å². The van der Waals surface area contributed by atoms with Crippen molar-refractivity contribution in [3.8, 4) is 0 Å². The molecule has 0 bridgehead atoms. The summed E-state index contributed by atoms with van der Waals surface area (Å²) < 4.78 is 0. The minimum absolute atomic E-state index is 0.135. The Bertz CT molecular complexity index is 321. The number of piperidine rings is 1. The van der Waals surface area contributed by atoms with E-state index in [4.69, 9.17) is 5.73 Å². The maximum Gasteiger partial charge on any atom is 0.0366 e. The standard InChI is InChI=1S/C14H22N2/c1-11-7-9-16(10-8-11)14-5-3-13(4-6-14)12(2)15/h3-6,11-12H,7-10,15H2,1-2H3/t12-/m0/s1. The summed E-state index contributed by atoms with van der Waals surface area (Å²) in [7, 11) is 0.